The van der Waals surface area contributed by atoms with E-state index in [2.05, 4.69) is 9.97 Å². The third-order valence-electron chi connectivity index (χ3n) is 4.37. The maximum absolute atomic E-state index is 12.5. The molecule has 9 heteroatoms. The Labute approximate surface area is 162 Å². The highest BCUT2D eigenvalue weighted by atomic mass is 35.5. The second-order valence-electron chi connectivity index (χ2n) is 6.09. The minimum Gasteiger partial charge on any atom is -0.440 e. The van der Waals surface area contributed by atoms with Crippen LogP contribution in [0.25, 0.3) is 5.76 Å². The average molecular weight is 398 g/mol. The quantitative estimate of drug-likeness (QED) is 0.519. The molecule has 0 radical (unpaired) electrons. The molecule has 28 heavy (non-hydrogen) atoms. The molecule has 8 nitrogen and oxygen atoms in total. The smallest absolute Gasteiger partial charge is 0.328 e. The Morgan fingerprint density at radius 3 is 2.54 bits per heavy atom. The van der Waals surface area contributed by atoms with Gasteiger partial charge in [0.1, 0.15) is 5.76 Å². The topological polar surface area (TPSA) is 118 Å². The molecule has 0 saturated carbocycles. The van der Waals surface area contributed by atoms with Gasteiger partial charge in [-0.05, 0) is 17.7 Å². The maximum Gasteiger partial charge on any atom is 0.328 e. The number of fused-ring (bicyclic) bond motifs is 1. The molecule has 2 heterocycles. The predicted molar refractivity (Wildman–Crippen MR) is 103 cm³/mol. The molecule has 1 aliphatic rings. The SMILES string of the molecule is O=c1[nH]c2c(c(=O)[nH]1)[C@@H](c1cc([N+](=O)[O-])ccc1Cl)C=C(c1ccccc1)O2. The molecule has 1 aromatic heterocycles. The molecule has 1 atom stereocenters. The van der Waals surface area contributed by atoms with Crippen LogP contribution in [0.5, 0.6) is 5.88 Å². The molecule has 2 aromatic carbocycles. The number of aromatic amines is 2. The van der Waals surface area contributed by atoms with Crippen LogP contribution in [0.4, 0.5) is 5.69 Å². The molecule has 4 rings (SSSR count). The zero-order valence-electron chi connectivity index (χ0n) is 14.1. The number of hydrogen-bond donors (Lipinski definition) is 2. The first-order valence-corrected chi connectivity index (χ1v) is 8.57. The largest absolute Gasteiger partial charge is 0.440 e. The summed E-state index contributed by atoms with van der Waals surface area (Å²) in [6, 6.07) is 13.1. The minimum atomic E-state index is -0.757. The summed E-state index contributed by atoms with van der Waals surface area (Å²) in [7, 11) is 0. The Balaban J connectivity index is 1.98. The van der Waals surface area contributed by atoms with Crippen LogP contribution in [0, 0.1) is 10.1 Å². The monoisotopic (exact) mass is 397 g/mol. The van der Waals surface area contributed by atoms with Gasteiger partial charge in [0.05, 0.1) is 10.5 Å². The number of hydrogen-bond acceptors (Lipinski definition) is 5. The van der Waals surface area contributed by atoms with Crippen molar-refractivity contribution in [3.63, 3.8) is 0 Å². The number of benzene rings is 2. The molecule has 0 fully saturated rings. The Morgan fingerprint density at radius 2 is 1.82 bits per heavy atom. The van der Waals surface area contributed by atoms with Crippen molar-refractivity contribution >= 4 is 23.0 Å². The zero-order chi connectivity index (χ0) is 19.8. The molecular formula is C19H12ClN3O5. The molecule has 0 amide bonds. The van der Waals surface area contributed by atoms with Gasteiger partial charge in [0.2, 0.25) is 5.88 Å². The van der Waals surface area contributed by atoms with Crippen molar-refractivity contribution in [1.29, 1.82) is 0 Å². The lowest BCUT2D eigenvalue weighted by molar-refractivity contribution is -0.384. The van der Waals surface area contributed by atoms with Gasteiger partial charge in [-0.15, -0.1) is 0 Å². The highest BCUT2D eigenvalue weighted by Gasteiger charge is 2.30. The Kier molecular flexibility index (Phi) is 4.32. The van der Waals surface area contributed by atoms with Gasteiger partial charge in [-0.2, -0.15) is 0 Å². The highest BCUT2D eigenvalue weighted by molar-refractivity contribution is 6.31. The molecule has 0 spiro atoms. The standard InChI is InChI=1S/C19H12ClN3O5/c20-14-7-6-11(23(26)27)8-12(14)13-9-15(10-4-2-1-3-5-10)28-18-16(13)17(24)21-19(25)22-18/h1-9,13H,(H2,21,22,24,25)/t13-/m1/s1. The summed E-state index contributed by atoms with van der Waals surface area (Å²) in [6.07, 6.45) is 1.65. The van der Waals surface area contributed by atoms with Crippen LogP contribution in [-0.2, 0) is 0 Å². The summed E-state index contributed by atoms with van der Waals surface area (Å²) in [6.45, 7) is 0. The third kappa shape index (κ3) is 3.10. The second kappa shape index (κ2) is 6.82. The lowest BCUT2D eigenvalue weighted by Crippen LogP contribution is -2.30. The molecule has 140 valence electrons. The number of nitrogens with zero attached hydrogens (tertiary/aromatic N) is 1. The van der Waals surface area contributed by atoms with Crippen LogP contribution in [-0.4, -0.2) is 14.9 Å². The van der Waals surface area contributed by atoms with Crippen molar-refractivity contribution in [3.8, 4) is 5.88 Å². The van der Waals surface area contributed by atoms with Crippen molar-refractivity contribution in [2.45, 2.75) is 5.92 Å². The van der Waals surface area contributed by atoms with Gasteiger partial charge in [0.25, 0.3) is 11.2 Å². The summed E-state index contributed by atoms with van der Waals surface area (Å²) in [5, 5.41) is 11.4. The Morgan fingerprint density at radius 1 is 1.07 bits per heavy atom. The van der Waals surface area contributed by atoms with E-state index in [1.54, 1.807) is 18.2 Å². The fourth-order valence-corrected chi connectivity index (χ4v) is 3.34. The van der Waals surface area contributed by atoms with Gasteiger partial charge in [-0.3, -0.25) is 24.9 Å². The Bertz CT molecular complexity index is 1230. The van der Waals surface area contributed by atoms with E-state index in [9.17, 15) is 19.7 Å². The summed E-state index contributed by atoms with van der Waals surface area (Å²) >= 11 is 6.30. The summed E-state index contributed by atoms with van der Waals surface area (Å²) < 4.78 is 5.76. The van der Waals surface area contributed by atoms with Gasteiger partial charge in [-0.25, -0.2) is 4.79 Å². The van der Waals surface area contributed by atoms with E-state index >= 15 is 0 Å². The first kappa shape index (κ1) is 17.7. The normalized spacial score (nSPS) is 15.3. The van der Waals surface area contributed by atoms with Crippen molar-refractivity contribution in [1.82, 2.24) is 9.97 Å². The number of nitrogens with one attached hydrogen (secondary N) is 2. The van der Waals surface area contributed by atoms with Crippen LogP contribution in [0.3, 0.4) is 0 Å². The molecular weight excluding hydrogens is 386 g/mol. The van der Waals surface area contributed by atoms with Crippen LogP contribution in [0.15, 0.2) is 64.2 Å². The molecule has 0 unspecified atom stereocenters. The van der Waals surface area contributed by atoms with E-state index < -0.39 is 22.1 Å². The van der Waals surface area contributed by atoms with Gasteiger partial charge >= 0.3 is 5.69 Å². The molecule has 2 N–H and O–H groups in total. The number of H-pyrrole nitrogens is 2. The van der Waals surface area contributed by atoms with Gasteiger partial charge < -0.3 is 4.74 Å². The highest BCUT2D eigenvalue weighted by Crippen LogP contribution is 2.40. The number of rotatable bonds is 3. The molecule has 0 saturated heterocycles. The maximum atomic E-state index is 12.5. The van der Waals surface area contributed by atoms with Crippen molar-refractivity contribution < 1.29 is 9.66 Å². The van der Waals surface area contributed by atoms with Crippen molar-refractivity contribution in [2.24, 2.45) is 0 Å². The van der Waals surface area contributed by atoms with E-state index in [0.29, 0.717) is 16.9 Å². The van der Waals surface area contributed by atoms with E-state index in [1.807, 2.05) is 18.2 Å². The molecule has 1 aliphatic heterocycles. The van der Waals surface area contributed by atoms with E-state index in [0.717, 1.165) is 0 Å². The summed E-state index contributed by atoms with van der Waals surface area (Å²) in [5.41, 5.74) is -0.367. The number of nitro benzene ring substituents is 1. The van der Waals surface area contributed by atoms with Gasteiger partial charge in [-0.1, -0.05) is 41.9 Å². The van der Waals surface area contributed by atoms with Crippen molar-refractivity contribution in [3.05, 3.63) is 107 Å². The van der Waals surface area contributed by atoms with Crippen LogP contribution in [0.1, 0.15) is 22.6 Å². The van der Waals surface area contributed by atoms with Crippen LogP contribution < -0.4 is 16.0 Å². The minimum absolute atomic E-state index is 0.0253. The molecule has 3 aromatic rings. The number of non-ortho nitro benzene ring substituents is 1. The van der Waals surface area contributed by atoms with E-state index in [1.165, 1.54) is 18.2 Å². The predicted octanol–water partition coefficient (Wildman–Crippen LogP) is 3.19. The Hall–Kier alpha value is -3.65. The zero-order valence-corrected chi connectivity index (χ0v) is 14.9. The average Bonchev–Trinajstić information content (AvgIpc) is 2.67. The fourth-order valence-electron chi connectivity index (χ4n) is 3.10. The summed E-state index contributed by atoms with van der Waals surface area (Å²) in [4.78, 5) is 39.5. The summed E-state index contributed by atoms with van der Waals surface area (Å²) in [5.74, 6) is -0.392. The first-order valence-electron chi connectivity index (χ1n) is 8.19. The lowest BCUT2D eigenvalue weighted by atomic mass is 9.89. The second-order valence-corrected chi connectivity index (χ2v) is 6.50. The van der Waals surface area contributed by atoms with E-state index in [-0.39, 0.29) is 22.2 Å². The number of aromatic nitrogens is 2. The lowest BCUT2D eigenvalue weighted by Gasteiger charge is -2.24. The van der Waals surface area contributed by atoms with E-state index in [4.69, 9.17) is 16.3 Å². The van der Waals surface area contributed by atoms with Crippen LogP contribution in [0.2, 0.25) is 5.02 Å². The van der Waals surface area contributed by atoms with Gasteiger partial charge in [0, 0.05) is 28.6 Å². The number of ether oxygens (including phenoxy) is 1. The van der Waals surface area contributed by atoms with Crippen molar-refractivity contribution in [2.75, 3.05) is 0 Å². The number of halogens is 1. The number of allylic oxidation sites excluding steroid dienone is 1. The molecule has 0 aliphatic carbocycles. The molecule has 0 bridgehead atoms. The van der Waals surface area contributed by atoms with Gasteiger partial charge in [0.15, 0.2) is 0 Å². The fraction of sp³-hybridized carbons (Fsp3) is 0.0526. The third-order valence-corrected chi connectivity index (χ3v) is 4.71. The van der Waals surface area contributed by atoms with Crippen LogP contribution >= 0.6 is 11.6 Å². The number of nitro groups is 1. The first-order chi connectivity index (χ1) is 13.4.